The Balaban J connectivity index is -0.000000102. The maximum atomic E-state index is 5.40. The highest BCUT2D eigenvalue weighted by Crippen LogP contribution is 1.85. The van der Waals surface area contributed by atoms with Gasteiger partial charge >= 0.3 is 0 Å². The van der Waals surface area contributed by atoms with Crippen LogP contribution in [0.3, 0.4) is 0 Å². The van der Waals surface area contributed by atoms with Gasteiger partial charge in [0.2, 0.25) is 0 Å². The third-order valence-corrected chi connectivity index (χ3v) is 2.47. The molecule has 0 saturated carbocycles. The second-order valence-electron chi connectivity index (χ2n) is 4.06. The van der Waals surface area contributed by atoms with E-state index in [-0.39, 0.29) is 5.71 Å². The van der Waals surface area contributed by atoms with Gasteiger partial charge in [0, 0.05) is 5.71 Å². The van der Waals surface area contributed by atoms with Crippen LogP contribution in [0.1, 0.15) is 52.2 Å². The molecule has 4 heteroatoms. The molecule has 0 aliphatic heterocycles. The van der Waals surface area contributed by atoms with Crippen LogP contribution in [0.25, 0.3) is 0 Å². The van der Waals surface area contributed by atoms with E-state index in [1.807, 2.05) is 13.8 Å². The largest absolute Gasteiger partial charge is 0.330 e. The van der Waals surface area contributed by atoms with E-state index in [2.05, 4.69) is 22.9 Å². The van der Waals surface area contributed by atoms with Crippen molar-refractivity contribution >= 4 is 0 Å². The summed E-state index contributed by atoms with van der Waals surface area (Å²) in [5.74, 6) is 0. The molecular formula is C14H44N4. The minimum Gasteiger partial charge on any atom is -0.330 e. The lowest BCUT2D eigenvalue weighted by Crippen LogP contribution is -2.23. The molecule has 120 valence electrons. The second-order valence-corrected chi connectivity index (χ2v) is 4.06. The van der Waals surface area contributed by atoms with E-state index >= 15 is 0 Å². The standard InChI is InChI=1S/C12H30N4.C2H6.4H2/c1-2-14-11-6-12-16-9-4-3-8-15-10-5-7-13;1-2;;;;/h14-16H,2-13H2,1H3;1-2H3;4*1H. The van der Waals surface area contributed by atoms with Crippen molar-refractivity contribution in [3.05, 3.63) is 0 Å². The van der Waals surface area contributed by atoms with Crippen molar-refractivity contribution in [1.82, 2.24) is 16.0 Å². The molecule has 4 nitrogen and oxygen atoms in total. The fraction of sp³-hybridized carbons (Fsp3) is 1.00. The molecule has 0 bridgehead atoms. The highest BCUT2D eigenvalue weighted by atomic mass is 14.9. The normalized spacial score (nSPS) is 10.0. The SMILES string of the molecule is CC.CCNCCCNCCCCNCCCN.[HH].[HH].[HH].[HH]. The molecule has 0 heterocycles. The van der Waals surface area contributed by atoms with E-state index < -0.39 is 0 Å². The van der Waals surface area contributed by atoms with Crippen LogP contribution in [-0.2, 0) is 0 Å². The van der Waals surface area contributed by atoms with Crippen molar-refractivity contribution in [2.45, 2.75) is 46.5 Å². The van der Waals surface area contributed by atoms with Gasteiger partial charge in [-0.25, -0.2) is 0 Å². The maximum Gasteiger partial charge on any atom is 0 e. The van der Waals surface area contributed by atoms with E-state index in [4.69, 9.17) is 5.73 Å². The summed E-state index contributed by atoms with van der Waals surface area (Å²) in [6.07, 6.45) is 4.83. The van der Waals surface area contributed by atoms with Gasteiger partial charge in [-0.3, -0.25) is 0 Å². The minimum absolute atomic E-state index is 0. The summed E-state index contributed by atoms with van der Waals surface area (Å²) in [7, 11) is 0. The minimum atomic E-state index is 0. The Bertz CT molecular complexity index is 121. The molecule has 0 atom stereocenters. The number of nitrogens with two attached hydrogens (primary N) is 1. The summed E-state index contributed by atoms with van der Waals surface area (Å²) in [4.78, 5) is 0. The van der Waals surface area contributed by atoms with Crippen molar-refractivity contribution in [2.24, 2.45) is 5.73 Å². The molecule has 0 aliphatic rings. The van der Waals surface area contributed by atoms with Crippen LogP contribution in [0.4, 0.5) is 0 Å². The predicted molar refractivity (Wildman–Crippen MR) is 91.6 cm³/mol. The van der Waals surface area contributed by atoms with Crippen LogP contribution in [0.5, 0.6) is 0 Å². The van der Waals surface area contributed by atoms with Crippen LogP contribution in [0, 0.1) is 0 Å². The number of hydrogen-bond acceptors (Lipinski definition) is 4. The van der Waals surface area contributed by atoms with Crippen molar-refractivity contribution in [2.75, 3.05) is 45.8 Å². The third kappa shape index (κ3) is 21.2. The molecule has 0 unspecified atom stereocenters. The Morgan fingerprint density at radius 1 is 0.722 bits per heavy atom. The highest BCUT2D eigenvalue weighted by Gasteiger charge is 1.90. The van der Waals surface area contributed by atoms with E-state index in [9.17, 15) is 0 Å². The summed E-state index contributed by atoms with van der Waals surface area (Å²) in [6.45, 7) is 13.6. The van der Waals surface area contributed by atoms with E-state index in [1.54, 1.807) is 0 Å². The fourth-order valence-electron chi connectivity index (χ4n) is 1.49. The molecule has 18 heavy (non-hydrogen) atoms. The first-order valence-electron chi connectivity index (χ1n) is 7.74. The zero-order valence-electron chi connectivity index (χ0n) is 12.9. The van der Waals surface area contributed by atoms with E-state index in [0.29, 0.717) is 0 Å². The Morgan fingerprint density at radius 2 is 1.17 bits per heavy atom. The maximum absolute atomic E-state index is 5.40. The molecule has 0 fully saturated rings. The average molecular weight is 269 g/mol. The number of rotatable bonds is 13. The first-order chi connectivity index (χ1) is 8.91. The quantitative estimate of drug-likeness (QED) is 0.387. The second kappa shape index (κ2) is 22.1. The van der Waals surface area contributed by atoms with Gasteiger partial charge in [-0.15, -0.1) is 0 Å². The van der Waals surface area contributed by atoms with Crippen molar-refractivity contribution in [1.29, 1.82) is 0 Å². The van der Waals surface area contributed by atoms with Gasteiger partial charge in [0.15, 0.2) is 0 Å². The molecule has 0 aromatic carbocycles. The molecule has 5 N–H and O–H groups in total. The van der Waals surface area contributed by atoms with Gasteiger partial charge in [0.05, 0.1) is 0 Å². The molecule has 0 aromatic heterocycles. The van der Waals surface area contributed by atoms with Crippen molar-refractivity contribution < 1.29 is 5.71 Å². The van der Waals surface area contributed by atoms with Crippen LogP contribution in [-0.4, -0.2) is 45.8 Å². The lowest BCUT2D eigenvalue weighted by Gasteiger charge is -2.06. The Morgan fingerprint density at radius 3 is 1.67 bits per heavy atom. The Hall–Kier alpha value is -0.160. The third-order valence-electron chi connectivity index (χ3n) is 2.47. The molecular weight excluding hydrogens is 224 g/mol. The summed E-state index contributed by atoms with van der Waals surface area (Å²) in [5, 5.41) is 10.2. The zero-order chi connectivity index (χ0) is 13.9. The predicted octanol–water partition coefficient (Wildman–Crippen LogP) is 2.30. The summed E-state index contributed by atoms with van der Waals surface area (Å²) < 4.78 is 0. The topological polar surface area (TPSA) is 62.1 Å². The van der Waals surface area contributed by atoms with Gasteiger partial charge in [-0.05, 0) is 71.5 Å². The fourth-order valence-corrected chi connectivity index (χ4v) is 1.49. The smallest absolute Gasteiger partial charge is 0 e. The van der Waals surface area contributed by atoms with Crippen LogP contribution in [0.15, 0.2) is 0 Å². The molecule has 0 radical (unpaired) electrons. The Labute approximate surface area is 120 Å². The van der Waals surface area contributed by atoms with Gasteiger partial charge in [-0.1, -0.05) is 20.8 Å². The summed E-state index contributed by atoms with van der Waals surface area (Å²) in [5.41, 5.74) is 5.40. The average Bonchev–Trinajstić information content (AvgIpc) is 2.42. The first-order valence-corrected chi connectivity index (χ1v) is 7.74. The van der Waals surface area contributed by atoms with Gasteiger partial charge < -0.3 is 21.7 Å². The van der Waals surface area contributed by atoms with Crippen molar-refractivity contribution in [3.8, 4) is 0 Å². The van der Waals surface area contributed by atoms with E-state index in [1.165, 1.54) is 19.3 Å². The zero-order valence-corrected chi connectivity index (χ0v) is 12.9. The number of hydrogen-bond donors (Lipinski definition) is 4. The molecule has 0 saturated heterocycles. The summed E-state index contributed by atoms with van der Waals surface area (Å²) >= 11 is 0. The van der Waals surface area contributed by atoms with Gasteiger partial charge in [0.25, 0.3) is 0 Å². The first kappa shape index (κ1) is 20.2. The molecule has 0 rings (SSSR count). The lowest BCUT2D eigenvalue weighted by molar-refractivity contribution is 0.559. The molecule has 0 spiro atoms. The number of unbranched alkanes of at least 4 members (excludes halogenated alkanes) is 1. The monoisotopic (exact) mass is 268 g/mol. The summed E-state index contributed by atoms with van der Waals surface area (Å²) in [6, 6.07) is 0. The molecule has 0 amide bonds. The van der Waals surface area contributed by atoms with Gasteiger partial charge in [-0.2, -0.15) is 0 Å². The number of nitrogens with one attached hydrogen (secondary N) is 3. The van der Waals surface area contributed by atoms with Crippen LogP contribution in [0.2, 0.25) is 0 Å². The Kier molecular flexibility index (Phi) is 24.7. The van der Waals surface area contributed by atoms with E-state index in [0.717, 1.165) is 52.2 Å². The lowest BCUT2D eigenvalue weighted by atomic mass is 10.3. The highest BCUT2D eigenvalue weighted by molar-refractivity contribution is 4.53. The molecule has 0 aromatic rings. The van der Waals surface area contributed by atoms with Crippen molar-refractivity contribution in [3.63, 3.8) is 0 Å². The van der Waals surface area contributed by atoms with Crippen LogP contribution >= 0.6 is 0 Å². The van der Waals surface area contributed by atoms with Crippen LogP contribution < -0.4 is 21.7 Å². The molecule has 0 aliphatic carbocycles. The van der Waals surface area contributed by atoms with Gasteiger partial charge in [0.1, 0.15) is 0 Å².